The second kappa shape index (κ2) is 4.52. The first-order chi connectivity index (χ1) is 7.66. The maximum absolute atomic E-state index is 13.0. The molecule has 6 heteroatoms. The van der Waals surface area contributed by atoms with Crippen LogP contribution in [0.5, 0.6) is 0 Å². The van der Waals surface area contributed by atoms with Gasteiger partial charge in [0, 0.05) is 0 Å². The predicted molar refractivity (Wildman–Crippen MR) is 58.3 cm³/mol. The highest BCUT2D eigenvalue weighted by Crippen LogP contribution is 2.21. The zero-order chi connectivity index (χ0) is 11.5. The summed E-state index contributed by atoms with van der Waals surface area (Å²) in [4.78, 5) is 0. The van der Waals surface area contributed by atoms with Crippen molar-refractivity contribution in [1.82, 2.24) is 10.2 Å². The number of nitrogens with zero attached hydrogens (tertiary/aromatic N) is 2. The summed E-state index contributed by atoms with van der Waals surface area (Å²) in [5, 5.41) is 11.2. The molecule has 0 saturated carbocycles. The van der Waals surface area contributed by atoms with Crippen LogP contribution < -0.4 is 5.32 Å². The minimum atomic E-state index is -0.844. The van der Waals surface area contributed by atoms with Crippen molar-refractivity contribution in [2.24, 2.45) is 0 Å². The molecule has 1 atom stereocenters. The summed E-state index contributed by atoms with van der Waals surface area (Å²) in [6, 6.07) is 3.68. The number of hydrogen-bond donors (Lipinski definition) is 1. The maximum atomic E-state index is 13.0. The lowest BCUT2D eigenvalue weighted by molar-refractivity contribution is 0.506. The average molecular weight is 241 g/mol. The minimum Gasteiger partial charge on any atom is -0.354 e. The van der Waals surface area contributed by atoms with Crippen molar-refractivity contribution in [1.29, 1.82) is 0 Å². The summed E-state index contributed by atoms with van der Waals surface area (Å²) in [5.74, 6) is -1.68. The Morgan fingerprint density at radius 1 is 1.31 bits per heavy atom. The largest absolute Gasteiger partial charge is 0.354 e. The van der Waals surface area contributed by atoms with E-state index in [4.69, 9.17) is 0 Å². The van der Waals surface area contributed by atoms with Crippen molar-refractivity contribution < 1.29 is 8.78 Å². The van der Waals surface area contributed by atoms with Gasteiger partial charge in [-0.05, 0) is 24.6 Å². The highest BCUT2D eigenvalue weighted by Gasteiger charge is 2.10. The van der Waals surface area contributed by atoms with E-state index >= 15 is 0 Å². The van der Waals surface area contributed by atoms with E-state index in [1.165, 1.54) is 23.5 Å². The molecule has 84 valence electrons. The third-order valence-corrected chi connectivity index (χ3v) is 2.77. The van der Waals surface area contributed by atoms with Crippen molar-refractivity contribution in [2.45, 2.75) is 13.0 Å². The van der Waals surface area contributed by atoms with Gasteiger partial charge < -0.3 is 5.32 Å². The third-order valence-electron chi connectivity index (χ3n) is 2.14. The van der Waals surface area contributed by atoms with Crippen LogP contribution in [0.2, 0.25) is 0 Å². The maximum Gasteiger partial charge on any atom is 0.205 e. The Morgan fingerprint density at radius 3 is 2.75 bits per heavy atom. The lowest BCUT2D eigenvalue weighted by atomic mass is 10.1. The van der Waals surface area contributed by atoms with Gasteiger partial charge in [0.1, 0.15) is 5.51 Å². The predicted octanol–water partition coefficient (Wildman–Crippen LogP) is 2.99. The van der Waals surface area contributed by atoms with Crippen molar-refractivity contribution >= 4 is 16.5 Å². The van der Waals surface area contributed by atoms with Gasteiger partial charge in [-0.15, -0.1) is 10.2 Å². The number of benzene rings is 1. The van der Waals surface area contributed by atoms with Crippen molar-refractivity contribution in [3.05, 3.63) is 40.9 Å². The summed E-state index contributed by atoms with van der Waals surface area (Å²) in [6.45, 7) is 1.84. The van der Waals surface area contributed by atoms with E-state index in [1.54, 1.807) is 5.51 Å². The Bertz CT molecular complexity index is 473. The van der Waals surface area contributed by atoms with Gasteiger partial charge >= 0.3 is 0 Å². The van der Waals surface area contributed by atoms with Crippen LogP contribution in [-0.4, -0.2) is 10.2 Å². The van der Waals surface area contributed by atoms with Gasteiger partial charge in [0.25, 0.3) is 0 Å². The summed E-state index contributed by atoms with van der Waals surface area (Å²) in [6.07, 6.45) is 0. The average Bonchev–Trinajstić information content (AvgIpc) is 2.74. The number of halogens is 2. The van der Waals surface area contributed by atoms with E-state index in [9.17, 15) is 8.78 Å². The molecule has 1 aromatic heterocycles. The van der Waals surface area contributed by atoms with E-state index in [1.807, 2.05) is 6.92 Å². The zero-order valence-electron chi connectivity index (χ0n) is 8.45. The van der Waals surface area contributed by atoms with Crippen molar-refractivity contribution in [3.63, 3.8) is 0 Å². The van der Waals surface area contributed by atoms with Gasteiger partial charge in [0.15, 0.2) is 11.6 Å². The second-order valence-electron chi connectivity index (χ2n) is 3.28. The molecule has 2 aromatic rings. The molecule has 16 heavy (non-hydrogen) atoms. The molecular formula is C10H9F2N3S. The molecule has 0 aliphatic rings. The topological polar surface area (TPSA) is 37.8 Å². The highest BCUT2D eigenvalue weighted by molar-refractivity contribution is 7.13. The molecule has 3 nitrogen and oxygen atoms in total. The molecule has 0 fully saturated rings. The summed E-state index contributed by atoms with van der Waals surface area (Å²) < 4.78 is 25.7. The lowest BCUT2D eigenvalue weighted by Crippen LogP contribution is -2.07. The Kier molecular flexibility index (Phi) is 3.09. The van der Waals surface area contributed by atoms with Crippen LogP contribution >= 0.6 is 11.3 Å². The number of rotatable bonds is 3. The molecule has 0 amide bonds. The number of aromatic nitrogens is 2. The summed E-state index contributed by atoms with van der Waals surface area (Å²) in [7, 11) is 0. The molecule has 0 aliphatic heterocycles. The van der Waals surface area contributed by atoms with Crippen molar-refractivity contribution in [3.8, 4) is 0 Å². The van der Waals surface area contributed by atoms with E-state index in [2.05, 4.69) is 15.5 Å². The second-order valence-corrected chi connectivity index (χ2v) is 4.12. The van der Waals surface area contributed by atoms with Gasteiger partial charge in [0.2, 0.25) is 5.13 Å². The van der Waals surface area contributed by atoms with Gasteiger partial charge in [-0.3, -0.25) is 0 Å². The van der Waals surface area contributed by atoms with Gasteiger partial charge in [-0.1, -0.05) is 17.4 Å². The molecule has 0 saturated heterocycles. The number of anilines is 1. The van der Waals surface area contributed by atoms with Crippen LogP contribution in [0.15, 0.2) is 23.7 Å². The van der Waals surface area contributed by atoms with Gasteiger partial charge in [-0.25, -0.2) is 8.78 Å². The summed E-state index contributed by atoms with van der Waals surface area (Å²) in [5.41, 5.74) is 2.26. The molecule has 0 radical (unpaired) electrons. The van der Waals surface area contributed by atoms with E-state index in [0.717, 1.165) is 6.07 Å². The zero-order valence-corrected chi connectivity index (χ0v) is 9.26. The van der Waals surface area contributed by atoms with Crippen LogP contribution in [0.3, 0.4) is 0 Å². The van der Waals surface area contributed by atoms with Crippen LogP contribution in [0.25, 0.3) is 0 Å². The molecular weight excluding hydrogens is 232 g/mol. The fourth-order valence-electron chi connectivity index (χ4n) is 1.29. The number of hydrogen-bond acceptors (Lipinski definition) is 4. The highest BCUT2D eigenvalue weighted by atomic mass is 32.1. The summed E-state index contributed by atoms with van der Waals surface area (Å²) >= 11 is 1.35. The van der Waals surface area contributed by atoms with E-state index in [0.29, 0.717) is 10.7 Å². The van der Waals surface area contributed by atoms with Crippen LogP contribution in [0, 0.1) is 11.6 Å². The standard InChI is InChI=1S/C10H9F2N3S/c1-6(14-10-15-13-5-16-10)7-2-3-8(11)9(12)4-7/h2-6H,1H3,(H,14,15). The fourth-order valence-corrected chi connectivity index (χ4v) is 1.82. The third kappa shape index (κ3) is 2.33. The van der Waals surface area contributed by atoms with Crippen LogP contribution in [0.1, 0.15) is 18.5 Å². The minimum absolute atomic E-state index is 0.150. The van der Waals surface area contributed by atoms with Crippen LogP contribution in [-0.2, 0) is 0 Å². The lowest BCUT2D eigenvalue weighted by Gasteiger charge is -2.12. The van der Waals surface area contributed by atoms with Crippen molar-refractivity contribution in [2.75, 3.05) is 5.32 Å². The molecule has 0 aliphatic carbocycles. The quantitative estimate of drug-likeness (QED) is 0.897. The first kappa shape index (κ1) is 10.9. The monoisotopic (exact) mass is 241 g/mol. The fraction of sp³-hybridized carbons (Fsp3) is 0.200. The van der Waals surface area contributed by atoms with E-state index in [-0.39, 0.29) is 6.04 Å². The van der Waals surface area contributed by atoms with Gasteiger partial charge in [0.05, 0.1) is 6.04 Å². The molecule has 1 aromatic carbocycles. The molecule has 1 heterocycles. The smallest absolute Gasteiger partial charge is 0.205 e. The molecule has 0 bridgehead atoms. The Balaban J connectivity index is 2.14. The molecule has 1 unspecified atom stereocenters. The molecule has 1 N–H and O–H groups in total. The first-order valence-electron chi connectivity index (χ1n) is 4.64. The normalized spacial score (nSPS) is 12.4. The Morgan fingerprint density at radius 2 is 2.12 bits per heavy atom. The molecule has 2 rings (SSSR count). The van der Waals surface area contributed by atoms with Gasteiger partial charge in [-0.2, -0.15) is 0 Å². The molecule has 0 spiro atoms. The Labute approximate surface area is 95.1 Å². The van der Waals surface area contributed by atoms with Crippen LogP contribution in [0.4, 0.5) is 13.9 Å². The Hall–Kier alpha value is -1.56. The van der Waals surface area contributed by atoms with E-state index < -0.39 is 11.6 Å². The SMILES string of the molecule is CC(Nc1nncs1)c1ccc(F)c(F)c1. The first-order valence-corrected chi connectivity index (χ1v) is 5.52. The number of nitrogens with one attached hydrogen (secondary N) is 1.